The second-order valence-electron chi connectivity index (χ2n) is 7.59. The van der Waals surface area contributed by atoms with Crippen LogP contribution in [0.3, 0.4) is 0 Å². The van der Waals surface area contributed by atoms with Crippen LogP contribution in [0.15, 0.2) is 25.2 Å². The first-order chi connectivity index (χ1) is 12.8. The Balaban J connectivity index is 1.62. The van der Waals surface area contributed by atoms with Gasteiger partial charge in [0, 0.05) is 30.7 Å². The van der Waals surface area contributed by atoms with E-state index < -0.39 is 17.8 Å². The maximum atomic E-state index is 14.0. The van der Waals surface area contributed by atoms with Gasteiger partial charge in [-0.3, -0.25) is 4.79 Å². The number of anilines is 1. The van der Waals surface area contributed by atoms with E-state index in [-0.39, 0.29) is 18.0 Å². The summed E-state index contributed by atoms with van der Waals surface area (Å²) in [6, 6.07) is 0.135. The third-order valence-corrected chi connectivity index (χ3v) is 5.93. The van der Waals surface area contributed by atoms with Crippen molar-refractivity contribution in [2.45, 2.75) is 50.6 Å². The minimum absolute atomic E-state index is 0.0110. The van der Waals surface area contributed by atoms with Gasteiger partial charge in [0.2, 0.25) is 5.91 Å². The lowest BCUT2D eigenvalue weighted by molar-refractivity contribution is -0.129. The minimum atomic E-state index is -2.70. The van der Waals surface area contributed by atoms with Crippen LogP contribution in [0.2, 0.25) is 0 Å². The maximum Gasteiger partial charge on any atom is 0.258 e. The lowest BCUT2D eigenvalue weighted by Crippen LogP contribution is -2.49. The molecule has 2 aliphatic rings. The van der Waals surface area contributed by atoms with Crippen molar-refractivity contribution in [1.82, 2.24) is 19.9 Å². The van der Waals surface area contributed by atoms with Crippen molar-refractivity contribution in [3.63, 3.8) is 0 Å². The number of fused-ring (bicyclic) bond motifs is 1. The number of alkyl halides is 2. The normalized spacial score (nSPS) is 29.6. The Bertz CT molecular complexity index is 895. The molecule has 3 heterocycles. The summed E-state index contributed by atoms with van der Waals surface area (Å²) in [5.41, 5.74) is 1.09. The van der Waals surface area contributed by atoms with E-state index in [0.29, 0.717) is 29.0 Å². The first kappa shape index (κ1) is 17.9. The highest BCUT2D eigenvalue weighted by atomic mass is 19.3. The summed E-state index contributed by atoms with van der Waals surface area (Å²) in [5, 5.41) is 3.98. The highest BCUT2D eigenvalue weighted by molar-refractivity contribution is 5.91. The molecule has 6 nitrogen and oxygen atoms in total. The van der Waals surface area contributed by atoms with Gasteiger partial charge >= 0.3 is 0 Å². The number of rotatable bonds is 4. The monoisotopic (exact) mass is 375 g/mol. The number of hydrogen-bond acceptors (Lipinski definition) is 4. The van der Waals surface area contributed by atoms with Crippen LogP contribution < -0.4 is 5.32 Å². The zero-order valence-corrected chi connectivity index (χ0v) is 15.4. The van der Waals surface area contributed by atoms with E-state index >= 15 is 0 Å². The second kappa shape index (κ2) is 6.28. The molecule has 0 unspecified atom stereocenters. The van der Waals surface area contributed by atoms with Gasteiger partial charge in [-0.1, -0.05) is 13.5 Å². The van der Waals surface area contributed by atoms with Crippen LogP contribution in [-0.2, 0) is 4.79 Å². The SMILES string of the molecule is C=CC(=O)N1C[C@H](Nc2ncnc3[nH]cc([C@@H]4[C@@H](C)C4(F)F)c23)CC[C@@H]1C. The highest BCUT2D eigenvalue weighted by Gasteiger charge is 2.66. The molecule has 1 saturated carbocycles. The van der Waals surface area contributed by atoms with E-state index in [1.165, 1.54) is 12.4 Å². The molecule has 1 aliphatic heterocycles. The predicted octanol–water partition coefficient (Wildman–Crippen LogP) is 3.30. The number of amides is 1. The number of halogens is 2. The molecule has 27 heavy (non-hydrogen) atoms. The first-order valence-corrected chi connectivity index (χ1v) is 9.24. The number of H-pyrrole nitrogens is 1. The predicted molar refractivity (Wildman–Crippen MR) is 98.8 cm³/mol. The van der Waals surface area contributed by atoms with E-state index in [0.717, 1.165) is 12.8 Å². The molecular formula is C19H23F2N5O. The fraction of sp³-hybridized carbons (Fsp3) is 0.526. The standard InChI is InChI=1S/C19H23F2N5O/c1-4-14(27)26-8-12(6-5-10(26)2)25-18-15-13(16-11(3)19(16,20)21)7-22-17(15)23-9-24-18/h4,7,9-12,16H,1,5-6,8H2,2-3H3,(H2,22,23,24,25)/t10-,11+,12+,16-/m0/s1. The molecule has 0 spiro atoms. The molecule has 8 heteroatoms. The molecule has 144 valence electrons. The van der Waals surface area contributed by atoms with Crippen molar-refractivity contribution in [1.29, 1.82) is 0 Å². The third-order valence-electron chi connectivity index (χ3n) is 5.93. The molecule has 2 aromatic heterocycles. The number of carbonyl (C=O) groups is 1. The number of nitrogens with one attached hydrogen (secondary N) is 2. The van der Waals surface area contributed by atoms with Crippen molar-refractivity contribution in [3.05, 3.63) is 30.7 Å². The summed E-state index contributed by atoms with van der Waals surface area (Å²) in [4.78, 5) is 25.3. The van der Waals surface area contributed by atoms with Crippen molar-refractivity contribution in [2.75, 3.05) is 11.9 Å². The van der Waals surface area contributed by atoms with E-state index in [9.17, 15) is 13.6 Å². The van der Waals surface area contributed by atoms with E-state index in [4.69, 9.17) is 0 Å². The number of carbonyl (C=O) groups excluding carboxylic acids is 1. The van der Waals surface area contributed by atoms with Crippen LogP contribution >= 0.6 is 0 Å². The Morgan fingerprint density at radius 1 is 1.41 bits per heavy atom. The molecule has 2 fully saturated rings. The fourth-order valence-corrected chi connectivity index (χ4v) is 4.14. The fourth-order valence-electron chi connectivity index (χ4n) is 4.14. The molecule has 0 bridgehead atoms. The van der Waals surface area contributed by atoms with Gasteiger partial charge in [0.25, 0.3) is 5.92 Å². The van der Waals surface area contributed by atoms with E-state index in [1.54, 1.807) is 18.0 Å². The molecule has 1 aliphatic carbocycles. The van der Waals surface area contributed by atoms with Crippen LogP contribution in [0.25, 0.3) is 11.0 Å². The molecular weight excluding hydrogens is 352 g/mol. The Hall–Kier alpha value is -2.51. The van der Waals surface area contributed by atoms with E-state index in [1.807, 2.05) is 6.92 Å². The van der Waals surface area contributed by atoms with Gasteiger partial charge in [-0.15, -0.1) is 0 Å². The van der Waals surface area contributed by atoms with Gasteiger partial charge in [0.05, 0.1) is 11.3 Å². The van der Waals surface area contributed by atoms with Crippen molar-refractivity contribution in [3.8, 4) is 0 Å². The number of nitrogens with zero attached hydrogens (tertiary/aromatic N) is 3. The Morgan fingerprint density at radius 2 is 2.15 bits per heavy atom. The smallest absolute Gasteiger partial charge is 0.258 e. The molecule has 1 saturated heterocycles. The van der Waals surface area contributed by atoms with Gasteiger partial charge in [-0.2, -0.15) is 0 Å². The van der Waals surface area contributed by atoms with Crippen LogP contribution in [0.1, 0.15) is 38.2 Å². The van der Waals surface area contributed by atoms with Crippen LogP contribution in [-0.4, -0.2) is 50.3 Å². The Morgan fingerprint density at radius 3 is 2.81 bits per heavy atom. The van der Waals surface area contributed by atoms with Crippen molar-refractivity contribution < 1.29 is 13.6 Å². The van der Waals surface area contributed by atoms with Gasteiger partial charge in [-0.05, 0) is 31.4 Å². The van der Waals surface area contributed by atoms with E-state index in [2.05, 4.69) is 26.8 Å². The van der Waals surface area contributed by atoms with Crippen LogP contribution in [0.4, 0.5) is 14.6 Å². The molecule has 2 aromatic rings. The molecule has 1 amide bonds. The number of piperidine rings is 1. The Kier molecular flexibility index (Phi) is 4.16. The molecule has 0 aromatic carbocycles. The lowest BCUT2D eigenvalue weighted by Gasteiger charge is -2.38. The highest BCUT2D eigenvalue weighted by Crippen LogP contribution is 2.62. The van der Waals surface area contributed by atoms with Crippen molar-refractivity contribution in [2.24, 2.45) is 5.92 Å². The first-order valence-electron chi connectivity index (χ1n) is 9.24. The second-order valence-corrected chi connectivity index (χ2v) is 7.59. The lowest BCUT2D eigenvalue weighted by atomic mass is 9.99. The zero-order valence-electron chi connectivity index (χ0n) is 15.4. The van der Waals surface area contributed by atoms with Gasteiger partial charge in [0.15, 0.2) is 0 Å². The van der Waals surface area contributed by atoms with Crippen LogP contribution in [0, 0.1) is 5.92 Å². The summed E-state index contributed by atoms with van der Waals surface area (Å²) in [6.45, 7) is 7.66. The number of aromatic amines is 1. The Labute approximate surface area is 156 Å². The molecule has 2 N–H and O–H groups in total. The molecule has 4 atom stereocenters. The number of aromatic nitrogens is 3. The number of likely N-dealkylation sites (tertiary alicyclic amines) is 1. The van der Waals surface area contributed by atoms with Gasteiger partial charge in [-0.25, -0.2) is 18.7 Å². The zero-order chi connectivity index (χ0) is 19.3. The average molecular weight is 375 g/mol. The topological polar surface area (TPSA) is 73.9 Å². The molecule has 0 radical (unpaired) electrons. The number of hydrogen-bond donors (Lipinski definition) is 2. The quantitative estimate of drug-likeness (QED) is 0.804. The summed E-state index contributed by atoms with van der Waals surface area (Å²) in [5.74, 6) is -3.77. The average Bonchev–Trinajstić information content (AvgIpc) is 2.97. The maximum absolute atomic E-state index is 14.0. The summed E-state index contributed by atoms with van der Waals surface area (Å²) in [6.07, 6.45) is 6.07. The minimum Gasteiger partial charge on any atom is -0.365 e. The summed E-state index contributed by atoms with van der Waals surface area (Å²) >= 11 is 0. The van der Waals surface area contributed by atoms with Crippen molar-refractivity contribution >= 4 is 22.8 Å². The molecule has 4 rings (SSSR count). The summed E-state index contributed by atoms with van der Waals surface area (Å²) in [7, 11) is 0. The van der Waals surface area contributed by atoms with Crippen LogP contribution in [0.5, 0.6) is 0 Å². The third kappa shape index (κ3) is 2.87. The van der Waals surface area contributed by atoms with Gasteiger partial charge in [0.1, 0.15) is 17.8 Å². The summed E-state index contributed by atoms with van der Waals surface area (Å²) < 4.78 is 27.9. The van der Waals surface area contributed by atoms with Gasteiger partial charge < -0.3 is 15.2 Å². The largest absolute Gasteiger partial charge is 0.365 e.